The molecular weight excluding hydrogens is 438 g/mol. The summed E-state index contributed by atoms with van der Waals surface area (Å²) in [7, 11) is 2.07. The van der Waals surface area contributed by atoms with E-state index in [0.717, 1.165) is 38.2 Å². The van der Waals surface area contributed by atoms with Crippen molar-refractivity contribution in [1.29, 1.82) is 0 Å². The fraction of sp³-hybridized carbons (Fsp3) is 0.385. The second-order valence-corrected chi connectivity index (χ2v) is 8.81. The van der Waals surface area contributed by atoms with Crippen LogP contribution in [0.2, 0.25) is 0 Å². The SMILES string of the molecule is CC[C@@H](C)N(Cc1c(-c2ccc(F)cc2)noc1N1CCN(C)CC1)C(=O)c1cccc(F)c1. The number of aromatic nitrogens is 1. The fourth-order valence-corrected chi connectivity index (χ4v) is 4.14. The van der Waals surface area contributed by atoms with Crippen molar-refractivity contribution in [3.63, 3.8) is 0 Å². The molecule has 6 nitrogen and oxygen atoms in total. The maximum Gasteiger partial charge on any atom is 0.254 e. The summed E-state index contributed by atoms with van der Waals surface area (Å²) >= 11 is 0. The number of nitrogens with zero attached hydrogens (tertiary/aromatic N) is 4. The summed E-state index contributed by atoms with van der Waals surface area (Å²) in [6, 6.07) is 11.7. The molecule has 0 bridgehead atoms. The number of benzene rings is 2. The van der Waals surface area contributed by atoms with Gasteiger partial charge in [-0.1, -0.05) is 18.1 Å². The Morgan fingerprint density at radius 2 is 1.79 bits per heavy atom. The normalized spacial score (nSPS) is 15.4. The van der Waals surface area contributed by atoms with Gasteiger partial charge in [0.2, 0.25) is 5.88 Å². The lowest BCUT2D eigenvalue weighted by Crippen LogP contribution is -2.45. The van der Waals surface area contributed by atoms with E-state index in [0.29, 0.717) is 22.7 Å². The van der Waals surface area contributed by atoms with Crippen LogP contribution in [0.15, 0.2) is 53.1 Å². The minimum absolute atomic E-state index is 0.105. The van der Waals surface area contributed by atoms with Gasteiger partial charge in [0, 0.05) is 43.3 Å². The smallest absolute Gasteiger partial charge is 0.254 e. The highest BCUT2D eigenvalue weighted by atomic mass is 19.1. The molecule has 0 unspecified atom stereocenters. The number of amides is 1. The van der Waals surface area contributed by atoms with Crippen LogP contribution in [0.5, 0.6) is 0 Å². The van der Waals surface area contributed by atoms with E-state index >= 15 is 0 Å². The predicted octanol–water partition coefficient (Wildman–Crippen LogP) is 4.81. The van der Waals surface area contributed by atoms with Gasteiger partial charge >= 0.3 is 0 Å². The van der Waals surface area contributed by atoms with Crippen LogP contribution in [0, 0.1) is 11.6 Å². The van der Waals surface area contributed by atoms with Gasteiger partial charge in [-0.25, -0.2) is 8.78 Å². The van der Waals surface area contributed by atoms with Gasteiger partial charge in [-0.15, -0.1) is 0 Å². The first kappa shape index (κ1) is 23.9. The van der Waals surface area contributed by atoms with Gasteiger partial charge in [0.05, 0.1) is 12.1 Å². The molecule has 0 N–H and O–H groups in total. The van der Waals surface area contributed by atoms with Crippen LogP contribution in [0.1, 0.15) is 36.2 Å². The molecule has 180 valence electrons. The van der Waals surface area contributed by atoms with E-state index in [9.17, 15) is 13.6 Å². The molecule has 0 aliphatic carbocycles. The molecular formula is C26H30F2N4O2. The zero-order valence-corrected chi connectivity index (χ0v) is 19.8. The minimum Gasteiger partial charge on any atom is -0.338 e. The van der Waals surface area contributed by atoms with E-state index in [1.54, 1.807) is 23.1 Å². The molecule has 1 aliphatic rings. The van der Waals surface area contributed by atoms with Crippen LogP contribution in [0.3, 0.4) is 0 Å². The minimum atomic E-state index is -0.454. The van der Waals surface area contributed by atoms with Gasteiger partial charge in [0.25, 0.3) is 5.91 Å². The molecule has 1 fully saturated rings. The number of carbonyl (C=O) groups is 1. The van der Waals surface area contributed by atoms with Crippen LogP contribution >= 0.6 is 0 Å². The molecule has 34 heavy (non-hydrogen) atoms. The first-order valence-corrected chi connectivity index (χ1v) is 11.6. The Bertz CT molecular complexity index is 1120. The van der Waals surface area contributed by atoms with Gasteiger partial charge in [-0.05, 0) is 62.9 Å². The van der Waals surface area contributed by atoms with E-state index in [4.69, 9.17) is 4.52 Å². The second kappa shape index (κ2) is 10.3. The summed E-state index contributed by atoms with van der Waals surface area (Å²) in [6.45, 7) is 7.50. The Balaban J connectivity index is 1.75. The first-order valence-electron chi connectivity index (χ1n) is 11.6. The van der Waals surface area contributed by atoms with Crippen molar-refractivity contribution >= 4 is 11.8 Å². The molecule has 0 saturated carbocycles. The van der Waals surface area contributed by atoms with Crippen LogP contribution in [0.25, 0.3) is 11.3 Å². The molecule has 1 aromatic heterocycles. The summed E-state index contributed by atoms with van der Waals surface area (Å²) < 4.78 is 33.3. The Morgan fingerprint density at radius 3 is 2.44 bits per heavy atom. The lowest BCUT2D eigenvalue weighted by atomic mass is 10.0. The highest BCUT2D eigenvalue weighted by Crippen LogP contribution is 2.34. The summed E-state index contributed by atoms with van der Waals surface area (Å²) in [5.74, 6) is -0.433. The summed E-state index contributed by atoms with van der Waals surface area (Å²) in [6.07, 6.45) is 0.724. The van der Waals surface area contributed by atoms with Gasteiger partial charge in [0.1, 0.15) is 17.3 Å². The summed E-state index contributed by atoms with van der Waals surface area (Å²) in [5, 5.41) is 4.34. The third-order valence-corrected chi connectivity index (χ3v) is 6.46. The van der Waals surface area contributed by atoms with E-state index in [1.165, 1.54) is 30.3 Å². The zero-order valence-electron chi connectivity index (χ0n) is 19.8. The van der Waals surface area contributed by atoms with Gasteiger partial charge in [-0.2, -0.15) is 0 Å². The molecule has 1 amide bonds. The van der Waals surface area contributed by atoms with Crippen molar-refractivity contribution in [2.75, 3.05) is 38.1 Å². The van der Waals surface area contributed by atoms with Crippen molar-refractivity contribution < 1.29 is 18.1 Å². The molecule has 2 heterocycles. The molecule has 4 rings (SSSR count). The number of carbonyl (C=O) groups excluding carboxylic acids is 1. The topological polar surface area (TPSA) is 52.8 Å². The third-order valence-electron chi connectivity index (χ3n) is 6.46. The number of hydrogen-bond donors (Lipinski definition) is 0. The molecule has 1 aliphatic heterocycles. The molecule has 0 radical (unpaired) electrons. The largest absolute Gasteiger partial charge is 0.338 e. The monoisotopic (exact) mass is 468 g/mol. The lowest BCUT2D eigenvalue weighted by Gasteiger charge is -2.33. The number of anilines is 1. The Hall–Kier alpha value is -3.26. The number of piperazine rings is 1. The average Bonchev–Trinajstić information content (AvgIpc) is 3.26. The van der Waals surface area contributed by atoms with Crippen molar-refractivity contribution in [1.82, 2.24) is 15.0 Å². The van der Waals surface area contributed by atoms with Crippen molar-refractivity contribution in [2.24, 2.45) is 0 Å². The van der Waals surface area contributed by atoms with Crippen LogP contribution < -0.4 is 4.90 Å². The summed E-state index contributed by atoms with van der Waals surface area (Å²) in [5.41, 5.74) is 2.35. The molecule has 3 aromatic rings. The van der Waals surface area contributed by atoms with Crippen molar-refractivity contribution in [2.45, 2.75) is 32.9 Å². The lowest BCUT2D eigenvalue weighted by molar-refractivity contribution is 0.0671. The Labute approximate surface area is 198 Å². The number of likely N-dealkylation sites (N-methyl/N-ethyl adjacent to an activating group) is 1. The molecule has 0 spiro atoms. The van der Waals surface area contributed by atoms with E-state index in [1.807, 2.05) is 13.8 Å². The predicted molar refractivity (Wildman–Crippen MR) is 128 cm³/mol. The van der Waals surface area contributed by atoms with Crippen LogP contribution in [-0.4, -0.2) is 60.1 Å². The van der Waals surface area contributed by atoms with Crippen molar-refractivity contribution in [3.05, 3.63) is 71.3 Å². The van der Waals surface area contributed by atoms with E-state index < -0.39 is 5.82 Å². The highest BCUT2D eigenvalue weighted by molar-refractivity contribution is 5.94. The second-order valence-electron chi connectivity index (χ2n) is 8.81. The Morgan fingerprint density at radius 1 is 1.09 bits per heavy atom. The number of halogens is 2. The molecule has 1 saturated heterocycles. The summed E-state index contributed by atoms with van der Waals surface area (Å²) in [4.78, 5) is 19.6. The standard InChI is InChI=1S/C26H30F2N4O2/c1-4-18(2)32(25(33)20-6-5-7-22(28)16-20)17-23-24(19-8-10-21(27)11-9-19)29-34-26(23)31-14-12-30(3)13-15-31/h5-11,16,18H,4,12-15,17H2,1-3H3/t18-/m1/s1. The maximum atomic E-state index is 13.9. The molecule has 8 heteroatoms. The van der Waals surface area contributed by atoms with E-state index in [-0.39, 0.29) is 24.3 Å². The number of hydrogen-bond acceptors (Lipinski definition) is 5. The highest BCUT2D eigenvalue weighted by Gasteiger charge is 2.30. The number of rotatable bonds is 7. The molecule has 2 aromatic carbocycles. The van der Waals surface area contributed by atoms with Crippen molar-refractivity contribution in [3.8, 4) is 11.3 Å². The zero-order chi connectivity index (χ0) is 24.2. The maximum absolute atomic E-state index is 13.9. The first-order chi connectivity index (χ1) is 16.4. The quantitative estimate of drug-likeness (QED) is 0.498. The van der Waals surface area contributed by atoms with Gasteiger partial charge < -0.3 is 19.2 Å². The van der Waals surface area contributed by atoms with E-state index in [2.05, 4.69) is 22.0 Å². The fourth-order valence-electron chi connectivity index (χ4n) is 4.14. The van der Waals surface area contributed by atoms with Crippen LogP contribution in [-0.2, 0) is 6.54 Å². The molecule has 1 atom stereocenters. The van der Waals surface area contributed by atoms with Gasteiger partial charge in [-0.3, -0.25) is 4.79 Å². The van der Waals surface area contributed by atoms with Gasteiger partial charge in [0.15, 0.2) is 0 Å². The average molecular weight is 469 g/mol. The Kier molecular flexibility index (Phi) is 7.26. The van der Waals surface area contributed by atoms with Crippen LogP contribution in [0.4, 0.5) is 14.7 Å². The third kappa shape index (κ3) is 5.12.